The van der Waals surface area contributed by atoms with Gasteiger partial charge in [0, 0.05) is 11.1 Å². The molecule has 1 aromatic carbocycles. The summed E-state index contributed by atoms with van der Waals surface area (Å²) in [6.07, 6.45) is 3.13. The number of hydrazine groups is 1. The van der Waals surface area contributed by atoms with Crippen LogP contribution < -0.4 is 16.6 Å². The Morgan fingerprint density at radius 2 is 2.18 bits per heavy atom. The molecule has 4 nitrogen and oxygen atoms in total. The summed E-state index contributed by atoms with van der Waals surface area (Å²) < 4.78 is 6.55. The Balaban J connectivity index is 2.24. The van der Waals surface area contributed by atoms with Crippen LogP contribution in [-0.2, 0) is 4.74 Å². The summed E-state index contributed by atoms with van der Waals surface area (Å²) in [6.45, 7) is 2.77. The molecular weight excluding hydrogens is 282 g/mol. The van der Waals surface area contributed by atoms with Gasteiger partial charge in [-0.1, -0.05) is 6.07 Å². The summed E-state index contributed by atoms with van der Waals surface area (Å²) in [5.74, 6) is 6.10. The lowest BCUT2D eigenvalue weighted by atomic mass is 10.1. The first-order valence-electron chi connectivity index (χ1n) is 5.81. The quantitative estimate of drug-likeness (QED) is 0.500. The molecule has 5 heteroatoms. The molecule has 0 aliphatic carbocycles. The molecule has 1 aliphatic rings. The third-order valence-electron chi connectivity index (χ3n) is 3.09. The normalized spacial score (nSPS) is 20.3. The number of halogens is 1. The van der Waals surface area contributed by atoms with Crippen LogP contribution in [0.5, 0.6) is 0 Å². The van der Waals surface area contributed by atoms with Gasteiger partial charge in [-0.3, -0.25) is 5.01 Å². The minimum atomic E-state index is -0.0688. The highest BCUT2D eigenvalue weighted by atomic mass is 79.9. The van der Waals surface area contributed by atoms with E-state index in [0.29, 0.717) is 5.69 Å². The number of benzene rings is 1. The Kier molecular flexibility index (Phi) is 3.91. The van der Waals surface area contributed by atoms with E-state index in [0.717, 1.165) is 41.6 Å². The highest BCUT2D eigenvalue weighted by Crippen LogP contribution is 2.34. The molecule has 94 valence electrons. The van der Waals surface area contributed by atoms with Crippen molar-refractivity contribution < 1.29 is 4.74 Å². The van der Waals surface area contributed by atoms with Crippen molar-refractivity contribution in [3.63, 3.8) is 0 Å². The second-order valence-electron chi connectivity index (χ2n) is 4.36. The van der Waals surface area contributed by atoms with Crippen molar-refractivity contribution in [1.29, 1.82) is 0 Å². The molecule has 1 heterocycles. The van der Waals surface area contributed by atoms with Crippen LogP contribution in [0.15, 0.2) is 16.6 Å². The van der Waals surface area contributed by atoms with Crippen molar-refractivity contribution in [2.24, 2.45) is 5.84 Å². The maximum Gasteiger partial charge on any atom is 0.144 e. The molecule has 17 heavy (non-hydrogen) atoms. The number of anilines is 2. The number of rotatable bonds is 2. The van der Waals surface area contributed by atoms with Crippen LogP contribution in [0.4, 0.5) is 11.4 Å². The van der Waals surface area contributed by atoms with E-state index in [1.54, 1.807) is 5.01 Å². The molecule has 0 amide bonds. The maximum absolute atomic E-state index is 6.10. The van der Waals surface area contributed by atoms with Crippen LogP contribution in [0.1, 0.15) is 24.8 Å². The average molecular weight is 300 g/mol. The van der Waals surface area contributed by atoms with Crippen LogP contribution in [0.3, 0.4) is 0 Å². The zero-order chi connectivity index (χ0) is 12.4. The highest BCUT2D eigenvalue weighted by Gasteiger charge is 2.22. The molecule has 0 spiro atoms. The molecule has 4 N–H and O–H groups in total. The first-order chi connectivity index (χ1) is 8.11. The molecule has 1 aliphatic heterocycles. The molecule has 0 saturated carbocycles. The van der Waals surface area contributed by atoms with E-state index in [1.807, 2.05) is 19.1 Å². The monoisotopic (exact) mass is 299 g/mol. The van der Waals surface area contributed by atoms with E-state index in [-0.39, 0.29) is 6.23 Å². The third-order valence-corrected chi connectivity index (χ3v) is 4.15. The largest absolute Gasteiger partial charge is 0.396 e. The van der Waals surface area contributed by atoms with Gasteiger partial charge < -0.3 is 10.5 Å². The third kappa shape index (κ3) is 2.56. The smallest absolute Gasteiger partial charge is 0.144 e. The molecule has 2 rings (SSSR count). The second-order valence-corrected chi connectivity index (χ2v) is 5.15. The fourth-order valence-corrected chi connectivity index (χ4v) is 2.35. The lowest BCUT2D eigenvalue weighted by molar-refractivity contribution is 0.0142. The van der Waals surface area contributed by atoms with E-state index in [9.17, 15) is 0 Å². The number of ether oxygens (including phenoxy) is 1. The molecule has 0 bridgehead atoms. The van der Waals surface area contributed by atoms with Gasteiger partial charge >= 0.3 is 0 Å². The molecule has 0 radical (unpaired) electrons. The van der Waals surface area contributed by atoms with Crippen LogP contribution in [-0.4, -0.2) is 12.8 Å². The van der Waals surface area contributed by atoms with Gasteiger partial charge in [-0.25, -0.2) is 5.84 Å². The first-order valence-corrected chi connectivity index (χ1v) is 6.60. The number of nitrogen functional groups attached to an aromatic ring is 1. The van der Waals surface area contributed by atoms with Gasteiger partial charge in [0.1, 0.15) is 6.23 Å². The lowest BCUT2D eigenvalue weighted by Gasteiger charge is -2.33. The van der Waals surface area contributed by atoms with Gasteiger partial charge in [0.15, 0.2) is 0 Å². The molecule has 1 aromatic rings. The van der Waals surface area contributed by atoms with Crippen molar-refractivity contribution >= 4 is 27.3 Å². The number of aryl methyl sites for hydroxylation is 1. The minimum absolute atomic E-state index is 0.0688. The average Bonchev–Trinajstić information content (AvgIpc) is 2.36. The van der Waals surface area contributed by atoms with Crippen LogP contribution in [0.25, 0.3) is 0 Å². The van der Waals surface area contributed by atoms with Crippen molar-refractivity contribution in [3.8, 4) is 0 Å². The van der Waals surface area contributed by atoms with E-state index in [2.05, 4.69) is 15.9 Å². The van der Waals surface area contributed by atoms with Crippen molar-refractivity contribution in [1.82, 2.24) is 0 Å². The zero-order valence-electron chi connectivity index (χ0n) is 9.95. The minimum Gasteiger partial charge on any atom is -0.396 e. The molecule has 0 aromatic heterocycles. The maximum atomic E-state index is 6.10. The van der Waals surface area contributed by atoms with E-state index in [4.69, 9.17) is 16.3 Å². The number of nitrogens with zero attached hydrogens (tertiary/aromatic N) is 1. The van der Waals surface area contributed by atoms with Gasteiger partial charge in [0.2, 0.25) is 0 Å². The molecule has 1 atom stereocenters. The van der Waals surface area contributed by atoms with Gasteiger partial charge in [-0.2, -0.15) is 0 Å². The van der Waals surface area contributed by atoms with Gasteiger partial charge in [-0.15, -0.1) is 0 Å². The molecule has 1 fully saturated rings. The highest BCUT2D eigenvalue weighted by molar-refractivity contribution is 9.10. The topological polar surface area (TPSA) is 64.5 Å². The summed E-state index contributed by atoms with van der Waals surface area (Å²) in [6, 6.07) is 3.94. The Hall–Kier alpha value is -0.780. The van der Waals surface area contributed by atoms with E-state index >= 15 is 0 Å². The fourth-order valence-electron chi connectivity index (χ4n) is 2.02. The number of nitrogens with two attached hydrogens (primary N) is 2. The fraction of sp³-hybridized carbons (Fsp3) is 0.500. The molecule has 1 saturated heterocycles. The summed E-state index contributed by atoms with van der Waals surface area (Å²) in [4.78, 5) is 0. The lowest BCUT2D eigenvalue weighted by Crippen LogP contribution is -2.45. The predicted molar refractivity (Wildman–Crippen MR) is 73.5 cm³/mol. The zero-order valence-corrected chi connectivity index (χ0v) is 11.5. The SMILES string of the molecule is Cc1ccc(N(N)C2CCCCO2)c(N)c1Br. The van der Waals surface area contributed by atoms with Crippen LogP contribution >= 0.6 is 15.9 Å². The Morgan fingerprint density at radius 3 is 2.82 bits per heavy atom. The summed E-state index contributed by atoms with van der Waals surface area (Å²) in [7, 11) is 0. The van der Waals surface area contributed by atoms with Crippen molar-refractivity contribution in [2.75, 3.05) is 17.3 Å². The first kappa shape index (κ1) is 12.7. The van der Waals surface area contributed by atoms with E-state index < -0.39 is 0 Å². The van der Waals surface area contributed by atoms with Gasteiger partial charge in [0.25, 0.3) is 0 Å². The van der Waals surface area contributed by atoms with Crippen LogP contribution in [0, 0.1) is 6.92 Å². The van der Waals surface area contributed by atoms with Crippen LogP contribution in [0.2, 0.25) is 0 Å². The van der Waals surface area contributed by atoms with Crippen molar-refractivity contribution in [2.45, 2.75) is 32.4 Å². The summed E-state index contributed by atoms with van der Waals surface area (Å²) in [5, 5.41) is 1.64. The van der Waals surface area contributed by atoms with E-state index in [1.165, 1.54) is 0 Å². The molecular formula is C12H18BrN3O. The second kappa shape index (κ2) is 5.25. The summed E-state index contributed by atoms with van der Waals surface area (Å²) >= 11 is 3.47. The Labute approximate surface area is 110 Å². The predicted octanol–water partition coefficient (Wildman–Crippen LogP) is 2.55. The Bertz CT molecular complexity index is 405. The standard InChI is InChI=1S/C12H18BrN3O/c1-8-5-6-9(12(14)11(8)13)16(15)10-4-2-3-7-17-10/h5-6,10H,2-4,7,14-15H2,1H3. The van der Waals surface area contributed by atoms with Gasteiger partial charge in [0.05, 0.1) is 11.4 Å². The van der Waals surface area contributed by atoms with Gasteiger partial charge in [-0.05, 0) is 53.7 Å². The molecule has 1 unspecified atom stereocenters. The number of hydrogen-bond donors (Lipinski definition) is 2. The van der Waals surface area contributed by atoms with Crippen molar-refractivity contribution in [3.05, 3.63) is 22.2 Å². The Morgan fingerprint density at radius 1 is 1.41 bits per heavy atom. The number of hydrogen-bond acceptors (Lipinski definition) is 4. The summed E-state index contributed by atoms with van der Waals surface area (Å²) in [5.41, 5.74) is 8.65.